The van der Waals surface area contributed by atoms with Crippen LogP contribution in [0.5, 0.6) is 0 Å². The fourth-order valence-electron chi connectivity index (χ4n) is 1.80. The van der Waals surface area contributed by atoms with E-state index in [9.17, 15) is 4.79 Å². The fraction of sp³-hybridized carbons (Fsp3) is 0.0833. The van der Waals surface area contributed by atoms with Crippen molar-refractivity contribution in [3.8, 4) is 11.5 Å². The van der Waals surface area contributed by atoms with Crippen LogP contribution in [0.25, 0.3) is 22.4 Å². The van der Waals surface area contributed by atoms with Gasteiger partial charge in [0, 0.05) is 5.69 Å². The average molecular weight is 226 g/mol. The van der Waals surface area contributed by atoms with Crippen LogP contribution in [0.4, 0.5) is 0 Å². The lowest BCUT2D eigenvalue weighted by molar-refractivity contribution is 1.15. The number of hydrogen-bond acceptors (Lipinski definition) is 3. The van der Waals surface area contributed by atoms with Gasteiger partial charge in [-0.05, 0) is 19.1 Å². The summed E-state index contributed by atoms with van der Waals surface area (Å²) in [6.45, 7) is 1.89. The molecule has 0 saturated carbocycles. The van der Waals surface area contributed by atoms with Crippen LogP contribution >= 0.6 is 0 Å². The Kier molecular flexibility index (Phi) is 2.04. The zero-order chi connectivity index (χ0) is 11.8. The summed E-state index contributed by atoms with van der Waals surface area (Å²) in [7, 11) is 0. The van der Waals surface area contributed by atoms with Gasteiger partial charge in [-0.3, -0.25) is 4.79 Å². The molecule has 0 aliphatic rings. The Morgan fingerprint density at radius 3 is 2.82 bits per heavy atom. The zero-order valence-corrected chi connectivity index (χ0v) is 9.19. The molecule has 84 valence electrons. The van der Waals surface area contributed by atoms with E-state index in [0.717, 1.165) is 5.69 Å². The molecular formula is C12H10N4O. The predicted octanol–water partition coefficient (Wildman–Crippen LogP) is 1.62. The third kappa shape index (κ3) is 1.52. The van der Waals surface area contributed by atoms with Gasteiger partial charge < -0.3 is 9.97 Å². The van der Waals surface area contributed by atoms with Crippen LogP contribution in [0, 0.1) is 6.92 Å². The highest BCUT2D eigenvalue weighted by atomic mass is 16.1. The first-order valence-electron chi connectivity index (χ1n) is 5.25. The maximum Gasteiger partial charge on any atom is 0.259 e. The number of nitrogens with zero attached hydrogens (tertiary/aromatic N) is 2. The predicted molar refractivity (Wildman–Crippen MR) is 64.7 cm³/mol. The first-order chi connectivity index (χ1) is 8.25. The van der Waals surface area contributed by atoms with Crippen molar-refractivity contribution < 1.29 is 0 Å². The summed E-state index contributed by atoms with van der Waals surface area (Å²) in [6, 6.07) is 7.24. The minimum absolute atomic E-state index is 0.145. The summed E-state index contributed by atoms with van der Waals surface area (Å²) in [5.74, 6) is 0.493. The van der Waals surface area contributed by atoms with E-state index >= 15 is 0 Å². The molecule has 0 aliphatic heterocycles. The molecule has 0 unspecified atom stereocenters. The van der Waals surface area contributed by atoms with Gasteiger partial charge in [0.05, 0.1) is 17.2 Å². The van der Waals surface area contributed by atoms with Crippen LogP contribution in [-0.2, 0) is 0 Å². The Balaban J connectivity index is 2.33. The topological polar surface area (TPSA) is 74.4 Å². The number of fused-ring (bicyclic) bond motifs is 1. The monoisotopic (exact) mass is 226 g/mol. The van der Waals surface area contributed by atoms with E-state index in [1.165, 1.54) is 0 Å². The summed E-state index contributed by atoms with van der Waals surface area (Å²) in [5.41, 5.74) is 2.08. The van der Waals surface area contributed by atoms with E-state index in [0.29, 0.717) is 22.4 Å². The summed E-state index contributed by atoms with van der Waals surface area (Å²) < 4.78 is 0. The lowest BCUT2D eigenvalue weighted by atomic mass is 10.2. The van der Waals surface area contributed by atoms with E-state index in [2.05, 4.69) is 19.9 Å². The van der Waals surface area contributed by atoms with Gasteiger partial charge in [0.1, 0.15) is 5.69 Å². The van der Waals surface area contributed by atoms with E-state index in [1.807, 2.05) is 25.1 Å². The normalized spacial score (nSPS) is 10.9. The highest BCUT2D eigenvalue weighted by molar-refractivity contribution is 5.79. The van der Waals surface area contributed by atoms with E-state index in [4.69, 9.17) is 0 Å². The zero-order valence-electron chi connectivity index (χ0n) is 9.19. The molecule has 17 heavy (non-hydrogen) atoms. The number of aromatic amines is 2. The molecule has 0 spiro atoms. The van der Waals surface area contributed by atoms with Gasteiger partial charge in [-0.1, -0.05) is 12.1 Å². The van der Waals surface area contributed by atoms with Crippen molar-refractivity contribution in [3.05, 3.63) is 46.6 Å². The molecule has 5 nitrogen and oxygen atoms in total. The van der Waals surface area contributed by atoms with E-state index < -0.39 is 0 Å². The van der Waals surface area contributed by atoms with Crippen molar-refractivity contribution in [2.45, 2.75) is 6.92 Å². The van der Waals surface area contributed by atoms with Crippen molar-refractivity contribution in [2.75, 3.05) is 0 Å². The van der Waals surface area contributed by atoms with Gasteiger partial charge in [-0.15, -0.1) is 0 Å². The van der Waals surface area contributed by atoms with Crippen LogP contribution in [0.3, 0.4) is 0 Å². The molecule has 2 N–H and O–H groups in total. The Bertz CT molecular complexity index is 741. The van der Waals surface area contributed by atoms with Gasteiger partial charge in [-0.2, -0.15) is 0 Å². The molecule has 0 bridgehead atoms. The molecule has 3 rings (SSSR count). The smallest absolute Gasteiger partial charge is 0.259 e. The van der Waals surface area contributed by atoms with Gasteiger partial charge in [0.2, 0.25) is 0 Å². The minimum Gasteiger partial charge on any atom is -0.348 e. The third-order valence-electron chi connectivity index (χ3n) is 2.67. The standard InChI is InChI=1S/C12H10N4O/c1-7-10(14-6-13-7)11-15-9-5-3-2-4-8(9)12(17)16-11/h2-6H,1H3,(H,13,14)(H,15,16,17). The number of para-hydroxylation sites is 1. The Morgan fingerprint density at radius 2 is 2.06 bits per heavy atom. The number of imidazole rings is 1. The molecule has 2 aromatic heterocycles. The molecule has 0 fully saturated rings. The number of aromatic nitrogens is 4. The number of rotatable bonds is 1. The number of nitrogens with one attached hydrogen (secondary N) is 2. The highest BCUT2D eigenvalue weighted by Crippen LogP contribution is 2.16. The average Bonchev–Trinajstić information content (AvgIpc) is 2.75. The number of hydrogen-bond donors (Lipinski definition) is 2. The van der Waals surface area contributed by atoms with Crippen molar-refractivity contribution >= 4 is 10.9 Å². The summed E-state index contributed by atoms with van der Waals surface area (Å²) in [4.78, 5) is 26.1. The summed E-state index contributed by atoms with van der Waals surface area (Å²) >= 11 is 0. The SMILES string of the molecule is Cc1[nH]cnc1-c1nc2ccccc2c(=O)[nH]1. The molecule has 0 aliphatic carbocycles. The first kappa shape index (κ1) is 9.77. The number of H-pyrrole nitrogens is 2. The Morgan fingerprint density at radius 1 is 1.24 bits per heavy atom. The maximum absolute atomic E-state index is 11.9. The third-order valence-corrected chi connectivity index (χ3v) is 2.67. The van der Waals surface area contributed by atoms with Crippen molar-refractivity contribution in [2.24, 2.45) is 0 Å². The van der Waals surface area contributed by atoms with Crippen LogP contribution in [-0.4, -0.2) is 19.9 Å². The second kappa shape index (κ2) is 3.55. The highest BCUT2D eigenvalue weighted by Gasteiger charge is 2.09. The second-order valence-corrected chi connectivity index (χ2v) is 3.81. The van der Waals surface area contributed by atoms with E-state index in [-0.39, 0.29) is 5.56 Å². The molecule has 0 radical (unpaired) electrons. The molecule has 2 heterocycles. The second-order valence-electron chi connectivity index (χ2n) is 3.81. The largest absolute Gasteiger partial charge is 0.348 e. The van der Waals surface area contributed by atoms with Crippen LogP contribution in [0.15, 0.2) is 35.4 Å². The lowest BCUT2D eigenvalue weighted by Crippen LogP contribution is -2.09. The lowest BCUT2D eigenvalue weighted by Gasteiger charge is -2.00. The van der Waals surface area contributed by atoms with Crippen LogP contribution < -0.4 is 5.56 Å². The molecule has 0 saturated heterocycles. The van der Waals surface area contributed by atoms with E-state index in [1.54, 1.807) is 12.4 Å². The molecule has 1 aromatic carbocycles. The molecule has 5 heteroatoms. The molecule has 0 amide bonds. The van der Waals surface area contributed by atoms with Gasteiger partial charge in [-0.25, -0.2) is 9.97 Å². The van der Waals surface area contributed by atoms with Crippen molar-refractivity contribution in [1.82, 2.24) is 19.9 Å². The quantitative estimate of drug-likeness (QED) is 0.662. The Hall–Kier alpha value is -2.43. The van der Waals surface area contributed by atoms with Gasteiger partial charge in [0.15, 0.2) is 5.82 Å². The number of aryl methyl sites for hydroxylation is 1. The first-order valence-corrected chi connectivity index (χ1v) is 5.25. The fourth-order valence-corrected chi connectivity index (χ4v) is 1.80. The Labute approximate surface area is 96.6 Å². The van der Waals surface area contributed by atoms with Crippen LogP contribution in [0.1, 0.15) is 5.69 Å². The molecule has 0 atom stereocenters. The maximum atomic E-state index is 11.9. The molecule has 3 aromatic rings. The number of benzene rings is 1. The van der Waals surface area contributed by atoms with Crippen molar-refractivity contribution in [3.63, 3.8) is 0 Å². The summed E-state index contributed by atoms with van der Waals surface area (Å²) in [6.07, 6.45) is 1.58. The van der Waals surface area contributed by atoms with Crippen molar-refractivity contribution in [1.29, 1.82) is 0 Å². The van der Waals surface area contributed by atoms with Gasteiger partial charge in [0.25, 0.3) is 5.56 Å². The van der Waals surface area contributed by atoms with Gasteiger partial charge >= 0.3 is 0 Å². The van der Waals surface area contributed by atoms with Crippen LogP contribution in [0.2, 0.25) is 0 Å². The minimum atomic E-state index is -0.145. The molecular weight excluding hydrogens is 216 g/mol. The summed E-state index contributed by atoms with van der Waals surface area (Å²) in [5, 5.41) is 0.587.